The van der Waals surface area contributed by atoms with Crippen LogP contribution >= 0.6 is 0 Å². The minimum Gasteiger partial charge on any atom is -0.379 e. The van der Waals surface area contributed by atoms with Gasteiger partial charge in [-0.05, 0) is 65.0 Å². The zero-order chi connectivity index (χ0) is 19.1. The van der Waals surface area contributed by atoms with Crippen LogP contribution in [0.4, 0.5) is 11.5 Å². The smallest absolute Gasteiger partial charge is 0.244 e. The van der Waals surface area contributed by atoms with E-state index in [0.29, 0.717) is 11.5 Å². The summed E-state index contributed by atoms with van der Waals surface area (Å²) in [6.07, 6.45) is 3.35. The molecule has 1 aliphatic carbocycles. The Labute approximate surface area is 160 Å². The quantitative estimate of drug-likeness (QED) is 0.568. The average Bonchev–Trinajstić information content (AvgIpc) is 3.40. The number of nitrogens with two attached hydrogens (primary N) is 1. The van der Waals surface area contributed by atoms with E-state index in [0.717, 1.165) is 29.6 Å². The molecule has 28 heavy (non-hydrogen) atoms. The minimum absolute atomic E-state index is 0.0687. The highest BCUT2D eigenvalue weighted by atomic mass is 16.6. The third-order valence-electron chi connectivity index (χ3n) is 5.06. The summed E-state index contributed by atoms with van der Waals surface area (Å²) in [5.74, 6) is 0.428. The van der Waals surface area contributed by atoms with Crippen LogP contribution in [-0.4, -0.2) is 25.8 Å². The minimum atomic E-state index is -0.155. The van der Waals surface area contributed by atoms with Gasteiger partial charge in [0.1, 0.15) is 6.54 Å². The van der Waals surface area contributed by atoms with E-state index in [-0.39, 0.29) is 18.3 Å². The van der Waals surface area contributed by atoms with Crippen LogP contribution in [0, 0.1) is 0 Å². The van der Waals surface area contributed by atoms with Crippen LogP contribution in [-0.2, 0) is 24.2 Å². The zero-order valence-electron chi connectivity index (χ0n) is 15.1. The van der Waals surface area contributed by atoms with E-state index in [4.69, 9.17) is 10.4 Å². The number of para-hydroxylation sites is 2. The molecular weight excluding hydrogens is 356 g/mol. The van der Waals surface area contributed by atoms with Crippen molar-refractivity contribution < 1.29 is 9.42 Å². The summed E-state index contributed by atoms with van der Waals surface area (Å²) >= 11 is 0. The van der Waals surface area contributed by atoms with Gasteiger partial charge in [-0.2, -0.15) is 0 Å². The first-order valence-corrected chi connectivity index (χ1v) is 9.14. The lowest BCUT2D eigenvalue weighted by molar-refractivity contribution is -0.116. The van der Waals surface area contributed by atoms with Gasteiger partial charge < -0.3 is 15.6 Å². The highest BCUT2D eigenvalue weighted by Crippen LogP contribution is 2.27. The number of anilines is 2. The maximum Gasteiger partial charge on any atom is 0.244 e. The number of imidazole rings is 1. The number of rotatable bonds is 4. The van der Waals surface area contributed by atoms with E-state index in [1.807, 2.05) is 30.3 Å². The molecule has 0 radical (unpaired) electrons. The first-order chi connectivity index (χ1) is 13.7. The van der Waals surface area contributed by atoms with Crippen LogP contribution in [0.15, 0.2) is 47.1 Å². The number of hydrogen-bond donors (Lipinski definition) is 2. The Morgan fingerprint density at radius 2 is 2.00 bits per heavy atom. The predicted octanol–water partition coefficient (Wildman–Crippen LogP) is 2.80. The summed E-state index contributed by atoms with van der Waals surface area (Å²) in [4.78, 5) is 17.3. The number of carbonyl (C=O) groups is 1. The molecule has 0 spiro atoms. The van der Waals surface area contributed by atoms with Crippen molar-refractivity contribution in [3.05, 3.63) is 53.6 Å². The standard InChI is InChI=1S/C20H18N6O2/c21-19-18(24-28-25-19)20-23-15-6-1-2-7-16(15)26(20)11-17(27)22-14-9-8-12-4-3-5-13(12)10-14/h1-2,6-10H,3-5,11H2,(H2,21,25)(H,22,27). The maximum absolute atomic E-state index is 12.8. The number of nitrogens with one attached hydrogen (secondary N) is 1. The maximum atomic E-state index is 12.8. The second kappa shape index (κ2) is 6.49. The summed E-state index contributed by atoms with van der Waals surface area (Å²) in [6.45, 7) is 0.0687. The van der Waals surface area contributed by atoms with Crippen LogP contribution in [0.2, 0.25) is 0 Å². The summed E-state index contributed by atoms with van der Waals surface area (Å²) in [6, 6.07) is 13.7. The Morgan fingerprint density at radius 3 is 2.86 bits per heavy atom. The second-order valence-corrected chi connectivity index (χ2v) is 6.89. The van der Waals surface area contributed by atoms with Crippen molar-refractivity contribution in [3.63, 3.8) is 0 Å². The van der Waals surface area contributed by atoms with Crippen molar-refractivity contribution >= 4 is 28.4 Å². The molecule has 1 aliphatic rings. The van der Waals surface area contributed by atoms with Gasteiger partial charge in [-0.15, -0.1) is 0 Å². The van der Waals surface area contributed by atoms with Gasteiger partial charge in [-0.3, -0.25) is 4.79 Å². The number of aryl methyl sites for hydroxylation is 2. The molecule has 4 aromatic rings. The van der Waals surface area contributed by atoms with Crippen LogP contribution in [0.3, 0.4) is 0 Å². The van der Waals surface area contributed by atoms with Gasteiger partial charge in [0, 0.05) is 5.69 Å². The molecule has 0 saturated heterocycles. The van der Waals surface area contributed by atoms with Crippen molar-refractivity contribution in [2.45, 2.75) is 25.8 Å². The lowest BCUT2D eigenvalue weighted by atomic mass is 10.1. The first-order valence-electron chi connectivity index (χ1n) is 9.14. The zero-order valence-corrected chi connectivity index (χ0v) is 15.1. The average molecular weight is 374 g/mol. The number of benzene rings is 2. The van der Waals surface area contributed by atoms with Crippen molar-refractivity contribution in [2.24, 2.45) is 0 Å². The van der Waals surface area contributed by atoms with Crippen LogP contribution in [0.5, 0.6) is 0 Å². The summed E-state index contributed by atoms with van der Waals surface area (Å²) in [5.41, 5.74) is 11.2. The van der Waals surface area contributed by atoms with Gasteiger partial charge in [0.15, 0.2) is 17.3 Å². The molecular formula is C20H18N6O2. The number of nitrogen functional groups attached to an aromatic ring is 1. The van der Waals surface area contributed by atoms with Gasteiger partial charge in [0.05, 0.1) is 11.0 Å². The third-order valence-corrected chi connectivity index (χ3v) is 5.06. The Hall–Kier alpha value is -3.68. The topological polar surface area (TPSA) is 112 Å². The van der Waals surface area contributed by atoms with Gasteiger partial charge in [0.25, 0.3) is 0 Å². The monoisotopic (exact) mass is 374 g/mol. The van der Waals surface area contributed by atoms with Crippen molar-refractivity contribution in [1.82, 2.24) is 19.9 Å². The highest BCUT2D eigenvalue weighted by molar-refractivity contribution is 5.93. The van der Waals surface area contributed by atoms with Crippen molar-refractivity contribution in [3.8, 4) is 11.5 Å². The number of hydrogen-bond acceptors (Lipinski definition) is 6. The Balaban J connectivity index is 1.47. The fraction of sp³-hybridized carbons (Fsp3) is 0.200. The van der Waals surface area contributed by atoms with Crippen molar-refractivity contribution in [2.75, 3.05) is 11.1 Å². The van der Waals surface area contributed by atoms with Gasteiger partial charge in [-0.25, -0.2) is 9.61 Å². The summed E-state index contributed by atoms with van der Waals surface area (Å²) in [5, 5.41) is 10.5. The van der Waals surface area contributed by atoms with E-state index in [2.05, 4.69) is 32.7 Å². The van der Waals surface area contributed by atoms with E-state index in [9.17, 15) is 4.79 Å². The Kier molecular flexibility index (Phi) is 3.82. The molecule has 1 amide bonds. The van der Waals surface area contributed by atoms with Crippen LogP contribution < -0.4 is 11.1 Å². The number of aromatic nitrogens is 4. The third kappa shape index (κ3) is 2.79. The van der Waals surface area contributed by atoms with Crippen LogP contribution in [0.1, 0.15) is 17.5 Å². The molecule has 0 aliphatic heterocycles. The molecule has 8 nitrogen and oxygen atoms in total. The number of nitrogens with zero attached hydrogens (tertiary/aromatic N) is 4. The normalized spacial score (nSPS) is 13.0. The molecule has 2 heterocycles. The lowest BCUT2D eigenvalue weighted by Crippen LogP contribution is -2.19. The van der Waals surface area contributed by atoms with E-state index in [1.54, 1.807) is 4.57 Å². The van der Waals surface area contributed by atoms with E-state index < -0.39 is 0 Å². The second-order valence-electron chi connectivity index (χ2n) is 6.89. The Morgan fingerprint density at radius 1 is 1.14 bits per heavy atom. The molecule has 0 atom stereocenters. The molecule has 8 heteroatoms. The molecule has 0 fully saturated rings. The fourth-order valence-corrected chi connectivity index (χ4v) is 3.76. The molecule has 2 aromatic carbocycles. The summed E-state index contributed by atoms with van der Waals surface area (Å²) < 4.78 is 6.49. The largest absolute Gasteiger partial charge is 0.379 e. The van der Waals surface area contributed by atoms with E-state index in [1.165, 1.54) is 17.5 Å². The molecule has 3 N–H and O–H groups in total. The highest BCUT2D eigenvalue weighted by Gasteiger charge is 2.21. The fourth-order valence-electron chi connectivity index (χ4n) is 3.76. The van der Waals surface area contributed by atoms with Gasteiger partial charge in [-0.1, -0.05) is 18.2 Å². The number of carbonyl (C=O) groups excluding carboxylic acids is 1. The molecule has 2 aromatic heterocycles. The summed E-state index contributed by atoms with van der Waals surface area (Å²) in [7, 11) is 0. The molecule has 0 saturated carbocycles. The predicted molar refractivity (Wildman–Crippen MR) is 105 cm³/mol. The van der Waals surface area contributed by atoms with Crippen LogP contribution in [0.25, 0.3) is 22.6 Å². The van der Waals surface area contributed by atoms with Gasteiger partial charge in [0.2, 0.25) is 5.91 Å². The molecule has 0 unspecified atom stereocenters. The number of amides is 1. The SMILES string of the molecule is Nc1nonc1-c1nc2ccccc2n1CC(=O)Nc1ccc2c(c1)CCC2. The van der Waals surface area contributed by atoms with Gasteiger partial charge >= 0.3 is 0 Å². The Bertz CT molecular complexity index is 1190. The first kappa shape index (κ1) is 16.5. The molecule has 0 bridgehead atoms. The molecule has 140 valence electrons. The lowest BCUT2D eigenvalue weighted by Gasteiger charge is -2.10. The number of fused-ring (bicyclic) bond motifs is 2. The van der Waals surface area contributed by atoms with E-state index >= 15 is 0 Å². The molecule has 5 rings (SSSR count). The van der Waals surface area contributed by atoms with Crippen molar-refractivity contribution in [1.29, 1.82) is 0 Å².